The number of carbonyl (C=O) groups excluding carboxylic acids is 1. The van der Waals surface area contributed by atoms with Gasteiger partial charge in [-0.25, -0.2) is 12.8 Å². The van der Waals surface area contributed by atoms with E-state index in [4.69, 9.17) is 27.9 Å². The van der Waals surface area contributed by atoms with Gasteiger partial charge in [-0.2, -0.15) is 4.72 Å². The molecule has 2 aromatic rings. The van der Waals surface area contributed by atoms with Crippen LogP contribution >= 0.6 is 23.2 Å². The van der Waals surface area contributed by atoms with Crippen LogP contribution in [0.15, 0.2) is 47.4 Å². The summed E-state index contributed by atoms with van der Waals surface area (Å²) in [7, 11) is -4.14. The molecule has 0 radical (unpaired) electrons. The molecule has 0 aliphatic heterocycles. The van der Waals surface area contributed by atoms with Crippen molar-refractivity contribution in [1.29, 1.82) is 0 Å². The van der Waals surface area contributed by atoms with E-state index < -0.39 is 40.6 Å². The molecule has 2 aromatic carbocycles. The van der Waals surface area contributed by atoms with E-state index in [0.717, 1.165) is 6.07 Å². The molecule has 0 aliphatic carbocycles. The van der Waals surface area contributed by atoms with Gasteiger partial charge in [0.25, 0.3) is 0 Å². The number of halogens is 3. The number of rotatable bonds is 7. The predicted octanol–water partition coefficient (Wildman–Crippen LogP) is 2.90. The minimum absolute atomic E-state index is 0.0538. The molecule has 0 fully saturated rings. The number of hydrogen-bond donors (Lipinski definition) is 2. The van der Waals surface area contributed by atoms with Crippen LogP contribution in [0.1, 0.15) is 12.5 Å². The van der Waals surface area contributed by atoms with Crippen LogP contribution in [-0.4, -0.2) is 31.6 Å². The molecule has 0 heterocycles. The van der Waals surface area contributed by atoms with Gasteiger partial charge in [-0.1, -0.05) is 29.3 Å². The molecule has 0 aliphatic rings. The summed E-state index contributed by atoms with van der Waals surface area (Å²) in [6.45, 7) is 0.697. The molecule has 0 bridgehead atoms. The Hall–Kier alpha value is -1.71. The highest BCUT2D eigenvalue weighted by Gasteiger charge is 2.31. The zero-order valence-corrected chi connectivity index (χ0v) is 16.4. The molecule has 0 aromatic heterocycles. The second-order valence-corrected chi connectivity index (χ2v) is 8.16. The first kappa shape index (κ1) is 21.6. The maximum absolute atomic E-state index is 13.7. The number of nitrogens with one attached hydrogen (secondary N) is 1. The van der Waals surface area contributed by atoms with Gasteiger partial charge < -0.3 is 9.84 Å². The zero-order valence-electron chi connectivity index (χ0n) is 14.0. The Balaban J connectivity index is 2.14. The van der Waals surface area contributed by atoms with Gasteiger partial charge in [0.05, 0.1) is 16.0 Å². The van der Waals surface area contributed by atoms with Gasteiger partial charge in [0.1, 0.15) is 18.5 Å². The topological polar surface area (TPSA) is 92.7 Å². The SMILES string of the molecule is CC(O)C(NS(=O)(=O)c1ccc(Cl)cc1)C(=O)OCc1c(F)cccc1Cl. The maximum atomic E-state index is 13.7. The fourth-order valence-corrected chi connectivity index (χ4v) is 3.70. The molecule has 10 heteroatoms. The predicted molar refractivity (Wildman–Crippen MR) is 98.4 cm³/mol. The minimum Gasteiger partial charge on any atom is -0.459 e. The van der Waals surface area contributed by atoms with E-state index in [-0.39, 0.29) is 15.5 Å². The summed E-state index contributed by atoms with van der Waals surface area (Å²) < 4.78 is 45.5. The van der Waals surface area contributed by atoms with Crippen molar-refractivity contribution in [2.24, 2.45) is 0 Å². The summed E-state index contributed by atoms with van der Waals surface area (Å²) in [6, 6.07) is 7.58. The van der Waals surface area contributed by atoms with E-state index in [2.05, 4.69) is 4.72 Å². The third-order valence-corrected chi connectivity index (χ3v) is 5.63. The smallest absolute Gasteiger partial charge is 0.327 e. The molecular formula is C17H16Cl2FNO5S. The lowest BCUT2D eigenvalue weighted by molar-refractivity contribution is -0.149. The average molecular weight is 436 g/mol. The standard InChI is InChI=1S/C17H16Cl2FNO5S/c1-10(22)16(21-27(24,25)12-7-5-11(18)6-8-12)17(23)26-9-13-14(19)3-2-4-15(13)20/h2-8,10,16,21-22H,9H2,1H3. The summed E-state index contributed by atoms with van der Waals surface area (Å²) >= 11 is 11.6. The van der Waals surface area contributed by atoms with Crippen molar-refractivity contribution in [3.8, 4) is 0 Å². The molecule has 0 saturated heterocycles. The maximum Gasteiger partial charge on any atom is 0.327 e. The van der Waals surface area contributed by atoms with Crippen molar-refractivity contribution in [2.75, 3.05) is 0 Å². The quantitative estimate of drug-likeness (QED) is 0.652. The second kappa shape index (κ2) is 8.99. The lowest BCUT2D eigenvalue weighted by Crippen LogP contribution is -2.48. The Labute approximate surface area is 165 Å². The first-order valence-corrected chi connectivity index (χ1v) is 9.91. The van der Waals surface area contributed by atoms with Gasteiger partial charge in [0, 0.05) is 10.6 Å². The third kappa shape index (κ3) is 5.63. The lowest BCUT2D eigenvalue weighted by Gasteiger charge is -2.20. The molecule has 2 rings (SSSR count). The molecule has 0 spiro atoms. The lowest BCUT2D eigenvalue weighted by atomic mass is 10.2. The van der Waals surface area contributed by atoms with E-state index in [1.54, 1.807) is 0 Å². The summed E-state index contributed by atoms with van der Waals surface area (Å²) in [4.78, 5) is 12.1. The van der Waals surface area contributed by atoms with Crippen LogP contribution in [0.5, 0.6) is 0 Å². The third-order valence-electron chi connectivity index (χ3n) is 3.56. The van der Waals surface area contributed by atoms with Crippen LogP contribution in [0, 0.1) is 5.82 Å². The Morgan fingerprint density at radius 2 is 1.85 bits per heavy atom. The van der Waals surface area contributed by atoms with Crippen LogP contribution < -0.4 is 4.72 Å². The number of ether oxygens (including phenoxy) is 1. The zero-order chi connectivity index (χ0) is 20.2. The number of aliphatic hydroxyl groups excluding tert-OH is 1. The monoisotopic (exact) mass is 435 g/mol. The molecule has 27 heavy (non-hydrogen) atoms. The van der Waals surface area contributed by atoms with Crippen LogP contribution in [0.2, 0.25) is 10.0 Å². The summed E-state index contributed by atoms with van der Waals surface area (Å²) in [5.41, 5.74) is -0.0579. The average Bonchev–Trinajstić information content (AvgIpc) is 2.59. The number of sulfonamides is 1. The molecular weight excluding hydrogens is 420 g/mol. The fraction of sp³-hybridized carbons (Fsp3) is 0.235. The van der Waals surface area contributed by atoms with Gasteiger partial charge in [-0.15, -0.1) is 0 Å². The van der Waals surface area contributed by atoms with E-state index in [1.807, 2.05) is 0 Å². The van der Waals surface area contributed by atoms with Crippen molar-refractivity contribution in [3.63, 3.8) is 0 Å². The Morgan fingerprint density at radius 3 is 2.41 bits per heavy atom. The van der Waals surface area contributed by atoms with Gasteiger partial charge in [-0.05, 0) is 43.3 Å². The number of carbonyl (C=O) groups is 1. The second-order valence-electron chi connectivity index (χ2n) is 5.60. The number of hydrogen-bond acceptors (Lipinski definition) is 5. The van der Waals surface area contributed by atoms with Crippen LogP contribution in [0.4, 0.5) is 4.39 Å². The summed E-state index contributed by atoms with van der Waals surface area (Å²) in [5, 5.41) is 10.2. The highest BCUT2D eigenvalue weighted by atomic mass is 35.5. The van der Waals surface area contributed by atoms with Crippen molar-refractivity contribution < 1.29 is 27.4 Å². The summed E-state index contributed by atoms with van der Waals surface area (Å²) in [6.07, 6.45) is -1.41. The first-order valence-electron chi connectivity index (χ1n) is 7.67. The molecule has 2 N–H and O–H groups in total. The Kier molecular flexibility index (Phi) is 7.19. The van der Waals surface area contributed by atoms with E-state index in [9.17, 15) is 22.7 Å². The van der Waals surface area contributed by atoms with Crippen molar-refractivity contribution in [3.05, 3.63) is 63.9 Å². The van der Waals surface area contributed by atoms with Crippen LogP contribution in [-0.2, 0) is 26.2 Å². The molecule has 0 saturated carbocycles. The fourth-order valence-electron chi connectivity index (χ4n) is 2.10. The number of benzene rings is 2. The molecule has 2 unspecified atom stereocenters. The van der Waals surface area contributed by atoms with Gasteiger partial charge in [-0.3, -0.25) is 4.79 Å². The van der Waals surface area contributed by atoms with Crippen LogP contribution in [0.25, 0.3) is 0 Å². The van der Waals surface area contributed by atoms with Crippen molar-refractivity contribution >= 4 is 39.2 Å². The first-order chi connectivity index (χ1) is 12.6. The number of esters is 1. The highest BCUT2D eigenvalue weighted by molar-refractivity contribution is 7.89. The Morgan fingerprint density at radius 1 is 1.22 bits per heavy atom. The largest absolute Gasteiger partial charge is 0.459 e. The van der Waals surface area contributed by atoms with Crippen molar-refractivity contribution in [2.45, 2.75) is 30.6 Å². The summed E-state index contributed by atoms with van der Waals surface area (Å²) in [5.74, 6) is -1.76. The van der Waals surface area contributed by atoms with Gasteiger partial charge in [0.15, 0.2) is 0 Å². The van der Waals surface area contributed by atoms with Gasteiger partial charge in [0.2, 0.25) is 10.0 Å². The Bertz CT molecular complexity index is 899. The molecule has 0 amide bonds. The highest BCUT2D eigenvalue weighted by Crippen LogP contribution is 2.20. The molecule has 2 atom stereocenters. The van der Waals surface area contributed by atoms with Crippen molar-refractivity contribution in [1.82, 2.24) is 4.72 Å². The minimum atomic E-state index is -4.14. The molecule has 146 valence electrons. The normalized spacial score (nSPS) is 13.8. The van der Waals surface area contributed by atoms with E-state index in [1.165, 1.54) is 43.3 Å². The van der Waals surface area contributed by atoms with Crippen LogP contribution in [0.3, 0.4) is 0 Å². The van der Waals surface area contributed by atoms with E-state index >= 15 is 0 Å². The van der Waals surface area contributed by atoms with Gasteiger partial charge >= 0.3 is 5.97 Å². The molecule has 6 nitrogen and oxygen atoms in total. The van der Waals surface area contributed by atoms with E-state index in [0.29, 0.717) is 5.02 Å². The number of aliphatic hydroxyl groups is 1.